The van der Waals surface area contributed by atoms with Crippen LogP contribution >= 0.6 is 0 Å². The van der Waals surface area contributed by atoms with Gasteiger partial charge in [0.15, 0.2) is 0 Å². The molecule has 1 atom stereocenters. The maximum absolute atomic E-state index is 12.1. The van der Waals surface area contributed by atoms with Crippen LogP contribution in [-0.4, -0.2) is 54.6 Å². The van der Waals surface area contributed by atoms with E-state index in [1.165, 1.54) is 4.90 Å². The summed E-state index contributed by atoms with van der Waals surface area (Å²) in [5, 5.41) is 8.84. The molecule has 0 aromatic carbocycles. The van der Waals surface area contributed by atoms with Gasteiger partial charge in [0.2, 0.25) is 0 Å². The van der Waals surface area contributed by atoms with Crippen molar-refractivity contribution in [3.8, 4) is 0 Å². The lowest BCUT2D eigenvalue weighted by atomic mass is 10.1. The zero-order valence-electron chi connectivity index (χ0n) is 11.6. The van der Waals surface area contributed by atoms with E-state index in [1.54, 1.807) is 32.3 Å². The van der Waals surface area contributed by atoms with E-state index in [1.807, 2.05) is 19.0 Å². The van der Waals surface area contributed by atoms with Crippen molar-refractivity contribution in [1.29, 1.82) is 0 Å². The van der Waals surface area contributed by atoms with Crippen LogP contribution in [0.5, 0.6) is 0 Å². The average Bonchev–Trinajstić information content (AvgIpc) is 2.37. The molecule has 0 spiro atoms. The number of carbonyl (C=O) groups excluding carboxylic acids is 1. The first kappa shape index (κ1) is 14.9. The van der Waals surface area contributed by atoms with Gasteiger partial charge >= 0.3 is 5.97 Å². The van der Waals surface area contributed by atoms with Gasteiger partial charge in [-0.15, -0.1) is 0 Å². The van der Waals surface area contributed by atoms with Gasteiger partial charge < -0.3 is 14.9 Å². The molecule has 1 rings (SSSR count). The fourth-order valence-corrected chi connectivity index (χ4v) is 1.58. The third-order valence-corrected chi connectivity index (χ3v) is 2.80. The average molecular weight is 265 g/mol. The number of aliphatic carboxylic acids is 1. The van der Waals surface area contributed by atoms with Crippen molar-refractivity contribution in [3.63, 3.8) is 0 Å². The Morgan fingerprint density at radius 3 is 2.53 bits per heavy atom. The Morgan fingerprint density at radius 1 is 1.37 bits per heavy atom. The first-order valence-electron chi connectivity index (χ1n) is 5.94. The maximum atomic E-state index is 12.1. The van der Waals surface area contributed by atoms with Crippen LogP contribution in [0.15, 0.2) is 18.3 Å². The molecule has 1 N–H and O–H groups in total. The molecule has 6 heteroatoms. The van der Waals surface area contributed by atoms with Crippen molar-refractivity contribution in [2.45, 2.75) is 6.92 Å². The third kappa shape index (κ3) is 3.94. The maximum Gasteiger partial charge on any atom is 0.308 e. The van der Waals surface area contributed by atoms with Crippen LogP contribution in [0.1, 0.15) is 17.4 Å². The number of carbonyl (C=O) groups is 2. The monoisotopic (exact) mass is 265 g/mol. The molecule has 19 heavy (non-hydrogen) atoms. The van der Waals surface area contributed by atoms with Crippen molar-refractivity contribution >= 4 is 17.6 Å². The highest BCUT2D eigenvalue weighted by Gasteiger charge is 2.19. The quantitative estimate of drug-likeness (QED) is 0.857. The molecule has 1 aromatic rings. The lowest BCUT2D eigenvalue weighted by molar-refractivity contribution is -0.141. The van der Waals surface area contributed by atoms with Gasteiger partial charge in [-0.25, -0.2) is 0 Å². The predicted octanol–water partition coefficient (Wildman–Crippen LogP) is 0.940. The zero-order valence-corrected chi connectivity index (χ0v) is 11.6. The number of pyridine rings is 1. The van der Waals surface area contributed by atoms with E-state index in [0.29, 0.717) is 5.69 Å². The number of carboxylic acids is 1. The second kappa shape index (κ2) is 6.17. The number of hydrogen-bond donors (Lipinski definition) is 1. The van der Waals surface area contributed by atoms with Gasteiger partial charge in [-0.2, -0.15) is 0 Å². The lowest BCUT2D eigenvalue weighted by Gasteiger charge is -2.20. The lowest BCUT2D eigenvalue weighted by Crippen LogP contribution is -2.34. The van der Waals surface area contributed by atoms with Crippen molar-refractivity contribution in [1.82, 2.24) is 9.88 Å². The summed E-state index contributed by atoms with van der Waals surface area (Å²) in [5.41, 5.74) is 1.18. The van der Waals surface area contributed by atoms with E-state index in [0.717, 1.165) is 5.69 Å². The summed E-state index contributed by atoms with van der Waals surface area (Å²) in [5.74, 6) is -1.81. The van der Waals surface area contributed by atoms with Crippen LogP contribution < -0.4 is 4.90 Å². The summed E-state index contributed by atoms with van der Waals surface area (Å²) < 4.78 is 0. The fourth-order valence-electron chi connectivity index (χ4n) is 1.58. The van der Waals surface area contributed by atoms with Crippen LogP contribution in [0.25, 0.3) is 0 Å². The molecule has 1 aromatic heterocycles. The number of rotatable bonds is 5. The summed E-state index contributed by atoms with van der Waals surface area (Å²) in [6, 6.07) is 3.49. The second-order valence-electron chi connectivity index (χ2n) is 4.72. The highest BCUT2D eigenvalue weighted by atomic mass is 16.4. The Bertz CT molecular complexity index is 474. The molecule has 6 nitrogen and oxygen atoms in total. The number of amides is 1. The highest BCUT2D eigenvalue weighted by molar-refractivity contribution is 5.93. The van der Waals surface area contributed by atoms with E-state index in [-0.39, 0.29) is 12.5 Å². The molecule has 0 radical (unpaired) electrons. The minimum atomic E-state index is -0.922. The Kier molecular flexibility index (Phi) is 4.86. The normalized spacial score (nSPS) is 11.8. The SMILES string of the molecule is CC(CN(C)C(=O)c1cc(N(C)C)ccn1)C(=O)O. The first-order chi connectivity index (χ1) is 8.82. The van der Waals surface area contributed by atoms with Crippen molar-refractivity contribution in [2.75, 3.05) is 32.6 Å². The van der Waals surface area contributed by atoms with Gasteiger partial charge in [0.1, 0.15) is 5.69 Å². The molecule has 0 bridgehead atoms. The molecular formula is C13H19N3O3. The van der Waals surface area contributed by atoms with Gasteiger partial charge in [-0.3, -0.25) is 14.6 Å². The largest absolute Gasteiger partial charge is 0.481 e. The van der Waals surface area contributed by atoms with Crippen LogP contribution in [0.3, 0.4) is 0 Å². The molecule has 1 unspecified atom stereocenters. The molecule has 1 amide bonds. The molecule has 0 aliphatic heterocycles. The Balaban J connectivity index is 2.82. The van der Waals surface area contributed by atoms with E-state index < -0.39 is 11.9 Å². The van der Waals surface area contributed by atoms with Crippen LogP contribution in [0, 0.1) is 5.92 Å². The molecule has 1 heterocycles. The second-order valence-corrected chi connectivity index (χ2v) is 4.72. The summed E-state index contributed by atoms with van der Waals surface area (Å²) in [7, 11) is 5.32. The van der Waals surface area contributed by atoms with Crippen LogP contribution in [-0.2, 0) is 4.79 Å². The van der Waals surface area contributed by atoms with Gasteiger partial charge in [-0.05, 0) is 12.1 Å². The minimum Gasteiger partial charge on any atom is -0.481 e. The molecule has 0 saturated carbocycles. The molecule has 0 saturated heterocycles. The van der Waals surface area contributed by atoms with Crippen molar-refractivity contribution < 1.29 is 14.7 Å². The number of carboxylic acid groups (broad SMARTS) is 1. The molecule has 104 valence electrons. The summed E-state index contributed by atoms with van der Waals surface area (Å²) in [6.45, 7) is 1.72. The molecule has 0 aliphatic rings. The van der Waals surface area contributed by atoms with Crippen molar-refractivity contribution in [2.24, 2.45) is 5.92 Å². The van der Waals surface area contributed by atoms with Gasteiger partial charge in [0, 0.05) is 39.6 Å². The Hall–Kier alpha value is -2.11. The number of hydrogen-bond acceptors (Lipinski definition) is 4. The predicted molar refractivity (Wildman–Crippen MR) is 72.3 cm³/mol. The van der Waals surface area contributed by atoms with Crippen LogP contribution in [0.2, 0.25) is 0 Å². The Labute approximate surface area is 112 Å². The molecule has 0 fully saturated rings. The van der Waals surface area contributed by atoms with Crippen molar-refractivity contribution in [3.05, 3.63) is 24.0 Å². The van der Waals surface area contributed by atoms with E-state index in [9.17, 15) is 9.59 Å². The number of anilines is 1. The van der Waals surface area contributed by atoms with E-state index >= 15 is 0 Å². The highest BCUT2D eigenvalue weighted by Crippen LogP contribution is 2.12. The molecular weight excluding hydrogens is 246 g/mol. The topological polar surface area (TPSA) is 73.7 Å². The zero-order chi connectivity index (χ0) is 14.6. The van der Waals surface area contributed by atoms with E-state index in [4.69, 9.17) is 5.11 Å². The Morgan fingerprint density at radius 2 is 2.00 bits per heavy atom. The van der Waals surface area contributed by atoms with Gasteiger partial charge in [0.05, 0.1) is 5.92 Å². The fraction of sp³-hybridized carbons (Fsp3) is 0.462. The number of aromatic nitrogens is 1. The smallest absolute Gasteiger partial charge is 0.308 e. The van der Waals surface area contributed by atoms with Crippen LogP contribution in [0.4, 0.5) is 5.69 Å². The number of nitrogens with zero attached hydrogens (tertiary/aromatic N) is 3. The first-order valence-corrected chi connectivity index (χ1v) is 5.94. The van der Waals surface area contributed by atoms with E-state index in [2.05, 4.69) is 4.98 Å². The summed E-state index contributed by atoms with van der Waals surface area (Å²) >= 11 is 0. The summed E-state index contributed by atoms with van der Waals surface area (Å²) in [4.78, 5) is 30.2. The van der Waals surface area contributed by atoms with Gasteiger partial charge in [0.25, 0.3) is 5.91 Å². The standard InChI is InChI=1S/C13H19N3O3/c1-9(13(18)19)8-16(4)12(17)11-7-10(15(2)3)5-6-14-11/h5-7,9H,8H2,1-4H3,(H,18,19). The molecule has 0 aliphatic carbocycles. The van der Waals surface area contributed by atoms with Gasteiger partial charge in [-0.1, -0.05) is 6.92 Å². The minimum absolute atomic E-state index is 0.155. The third-order valence-electron chi connectivity index (χ3n) is 2.80. The summed E-state index contributed by atoms with van der Waals surface area (Å²) in [6.07, 6.45) is 1.57.